The summed E-state index contributed by atoms with van der Waals surface area (Å²) >= 11 is 4.37. The van der Waals surface area contributed by atoms with Crippen molar-refractivity contribution in [1.82, 2.24) is 15.5 Å². The third kappa shape index (κ3) is 5.80. The second-order valence-corrected chi connectivity index (χ2v) is 8.98. The SMILES string of the molecule is O=C(Nc1ccc(-c2cc(C3CC3)[nH]n2)cc1)c1ccc(Cl)c(CNCCS(=O)O)c1. The van der Waals surface area contributed by atoms with Crippen molar-refractivity contribution in [3.63, 3.8) is 0 Å². The lowest BCUT2D eigenvalue weighted by atomic mass is 10.1. The maximum Gasteiger partial charge on any atom is 0.255 e. The lowest BCUT2D eigenvalue weighted by Crippen LogP contribution is -2.20. The van der Waals surface area contributed by atoms with Crippen LogP contribution in [0.25, 0.3) is 11.3 Å². The maximum absolute atomic E-state index is 12.7. The quantitative estimate of drug-likeness (QED) is 0.284. The zero-order valence-electron chi connectivity index (χ0n) is 16.7. The first kappa shape index (κ1) is 21.7. The Morgan fingerprint density at radius 2 is 1.97 bits per heavy atom. The van der Waals surface area contributed by atoms with Gasteiger partial charge in [0.25, 0.3) is 5.91 Å². The van der Waals surface area contributed by atoms with Crippen LogP contribution in [0.15, 0.2) is 48.5 Å². The molecule has 4 rings (SSSR count). The summed E-state index contributed by atoms with van der Waals surface area (Å²) in [5.74, 6) is 0.518. The summed E-state index contributed by atoms with van der Waals surface area (Å²) in [4.78, 5) is 12.7. The van der Waals surface area contributed by atoms with Crippen molar-refractivity contribution >= 4 is 34.3 Å². The monoisotopic (exact) mass is 458 g/mol. The van der Waals surface area contributed by atoms with Gasteiger partial charge in [-0.1, -0.05) is 23.7 Å². The zero-order valence-corrected chi connectivity index (χ0v) is 18.3. The first-order valence-electron chi connectivity index (χ1n) is 10.0. The number of benzene rings is 2. The summed E-state index contributed by atoms with van der Waals surface area (Å²) in [6, 6.07) is 14.7. The van der Waals surface area contributed by atoms with E-state index in [-0.39, 0.29) is 11.7 Å². The molecule has 0 radical (unpaired) electrons. The summed E-state index contributed by atoms with van der Waals surface area (Å²) in [6.45, 7) is 0.777. The van der Waals surface area contributed by atoms with Crippen LogP contribution in [0.1, 0.15) is 40.4 Å². The van der Waals surface area contributed by atoms with E-state index in [9.17, 15) is 9.00 Å². The van der Waals surface area contributed by atoms with Crippen LogP contribution in [0.5, 0.6) is 0 Å². The predicted octanol–water partition coefficient (Wildman–Crippen LogP) is 4.17. The first-order valence-corrected chi connectivity index (χ1v) is 11.7. The number of nitrogens with one attached hydrogen (secondary N) is 3. The molecule has 1 fully saturated rings. The number of hydrogen-bond donors (Lipinski definition) is 4. The molecular formula is C22H23ClN4O3S. The van der Waals surface area contributed by atoms with Crippen molar-refractivity contribution in [3.05, 3.63) is 70.4 Å². The Morgan fingerprint density at radius 3 is 2.68 bits per heavy atom. The predicted molar refractivity (Wildman–Crippen MR) is 123 cm³/mol. The van der Waals surface area contributed by atoms with E-state index in [1.165, 1.54) is 18.5 Å². The fourth-order valence-corrected chi connectivity index (χ4v) is 3.75. The zero-order chi connectivity index (χ0) is 21.8. The molecule has 0 spiro atoms. The van der Waals surface area contributed by atoms with Gasteiger partial charge in [-0.2, -0.15) is 5.10 Å². The van der Waals surface area contributed by atoms with Gasteiger partial charge < -0.3 is 15.2 Å². The molecule has 0 aliphatic heterocycles. The van der Waals surface area contributed by atoms with E-state index in [0.29, 0.717) is 35.3 Å². The molecule has 0 saturated heterocycles. The second kappa shape index (κ2) is 9.74. The number of carbonyl (C=O) groups excluding carboxylic acids is 1. The Morgan fingerprint density at radius 1 is 1.19 bits per heavy atom. The molecule has 1 aliphatic rings. The number of H-pyrrole nitrogens is 1. The number of anilines is 1. The normalized spacial score (nSPS) is 14.4. The van der Waals surface area contributed by atoms with Gasteiger partial charge in [0, 0.05) is 46.5 Å². The van der Waals surface area contributed by atoms with Crippen molar-refractivity contribution < 1.29 is 13.6 Å². The molecule has 1 heterocycles. The molecule has 31 heavy (non-hydrogen) atoms. The van der Waals surface area contributed by atoms with Crippen LogP contribution in [-0.2, 0) is 17.6 Å². The highest BCUT2D eigenvalue weighted by Crippen LogP contribution is 2.40. The molecule has 4 N–H and O–H groups in total. The van der Waals surface area contributed by atoms with Crippen LogP contribution in [0, 0.1) is 0 Å². The van der Waals surface area contributed by atoms with Gasteiger partial charge in [0.2, 0.25) is 0 Å². The highest BCUT2D eigenvalue weighted by molar-refractivity contribution is 7.79. The lowest BCUT2D eigenvalue weighted by Gasteiger charge is -2.10. The minimum atomic E-state index is -1.84. The lowest BCUT2D eigenvalue weighted by molar-refractivity contribution is 0.102. The highest BCUT2D eigenvalue weighted by Gasteiger charge is 2.25. The number of halogens is 1. The van der Waals surface area contributed by atoms with E-state index >= 15 is 0 Å². The number of aromatic nitrogens is 2. The number of amides is 1. The molecule has 1 aliphatic carbocycles. The molecule has 1 aromatic heterocycles. The number of hydrogen-bond acceptors (Lipinski definition) is 4. The van der Waals surface area contributed by atoms with Gasteiger partial charge in [-0.25, -0.2) is 4.21 Å². The van der Waals surface area contributed by atoms with E-state index < -0.39 is 11.1 Å². The summed E-state index contributed by atoms with van der Waals surface area (Å²) in [7, 11) is 0. The van der Waals surface area contributed by atoms with Gasteiger partial charge in [0.1, 0.15) is 0 Å². The van der Waals surface area contributed by atoms with E-state index in [1.807, 2.05) is 24.3 Å². The molecule has 2 aromatic carbocycles. The third-order valence-corrected chi connectivity index (χ3v) is 6.05. The van der Waals surface area contributed by atoms with Crippen molar-refractivity contribution in [2.75, 3.05) is 17.6 Å². The molecule has 3 aromatic rings. The van der Waals surface area contributed by atoms with E-state index in [0.717, 1.165) is 16.8 Å². The van der Waals surface area contributed by atoms with Crippen molar-refractivity contribution in [2.24, 2.45) is 0 Å². The number of rotatable bonds is 9. The van der Waals surface area contributed by atoms with Crippen molar-refractivity contribution in [2.45, 2.75) is 25.3 Å². The summed E-state index contributed by atoms with van der Waals surface area (Å²) < 4.78 is 19.5. The molecule has 7 nitrogen and oxygen atoms in total. The van der Waals surface area contributed by atoms with Crippen LogP contribution >= 0.6 is 11.6 Å². The van der Waals surface area contributed by atoms with Gasteiger partial charge in [-0.05, 0) is 54.8 Å². The smallest absolute Gasteiger partial charge is 0.255 e. The molecule has 1 amide bonds. The van der Waals surface area contributed by atoms with E-state index in [2.05, 4.69) is 26.9 Å². The Hall–Kier alpha value is -2.52. The summed E-state index contributed by atoms with van der Waals surface area (Å²) in [5, 5.41) is 14.0. The molecule has 9 heteroatoms. The summed E-state index contributed by atoms with van der Waals surface area (Å²) in [5.41, 5.74) is 5.00. The number of carbonyl (C=O) groups is 1. The topological polar surface area (TPSA) is 107 Å². The molecular weight excluding hydrogens is 436 g/mol. The molecule has 1 atom stereocenters. The van der Waals surface area contributed by atoms with Crippen LogP contribution in [0.2, 0.25) is 5.02 Å². The largest absolute Gasteiger partial charge is 0.322 e. The fourth-order valence-electron chi connectivity index (χ4n) is 3.25. The van der Waals surface area contributed by atoms with Crippen LogP contribution in [-0.4, -0.2) is 37.2 Å². The molecule has 1 saturated carbocycles. The minimum Gasteiger partial charge on any atom is -0.322 e. The van der Waals surface area contributed by atoms with Crippen LogP contribution in [0.4, 0.5) is 5.69 Å². The molecule has 1 unspecified atom stereocenters. The van der Waals surface area contributed by atoms with Gasteiger partial charge in [-0.3, -0.25) is 9.89 Å². The highest BCUT2D eigenvalue weighted by atomic mass is 35.5. The van der Waals surface area contributed by atoms with Gasteiger partial charge >= 0.3 is 0 Å². The van der Waals surface area contributed by atoms with Gasteiger partial charge in [-0.15, -0.1) is 0 Å². The maximum atomic E-state index is 12.7. The molecule has 0 bridgehead atoms. The van der Waals surface area contributed by atoms with Crippen LogP contribution < -0.4 is 10.6 Å². The Balaban J connectivity index is 1.38. The van der Waals surface area contributed by atoms with E-state index in [1.54, 1.807) is 18.2 Å². The Labute approximate surface area is 187 Å². The third-order valence-electron chi connectivity index (χ3n) is 5.13. The first-order chi connectivity index (χ1) is 15.0. The number of nitrogens with zero attached hydrogens (tertiary/aromatic N) is 1. The fraction of sp³-hybridized carbons (Fsp3) is 0.273. The Bertz CT molecular complexity index is 1100. The van der Waals surface area contributed by atoms with Gasteiger partial charge in [0.05, 0.1) is 11.4 Å². The number of aromatic amines is 1. The molecule has 162 valence electrons. The van der Waals surface area contributed by atoms with Crippen molar-refractivity contribution in [1.29, 1.82) is 0 Å². The Kier molecular flexibility index (Phi) is 6.82. The minimum absolute atomic E-state index is 0.133. The average molecular weight is 459 g/mol. The van der Waals surface area contributed by atoms with Gasteiger partial charge in [0.15, 0.2) is 11.1 Å². The van der Waals surface area contributed by atoms with E-state index in [4.69, 9.17) is 16.2 Å². The van der Waals surface area contributed by atoms with Crippen LogP contribution in [0.3, 0.4) is 0 Å². The summed E-state index contributed by atoms with van der Waals surface area (Å²) in [6.07, 6.45) is 2.44. The second-order valence-electron chi connectivity index (χ2n) is 7.52. The average Bonchev–Trinajstić information content (AvgIpc) is 3.49. The van der Waals surface area contributed by atoms with Crippen molar-refractivity contribution in [3.8, 4) is 11.3 Å². The standard InChI is InChI=1S/C22H23ClN4O3S/c23-19-8-5-16(11-17(19)13-24-9-10-31(29)30)22(28)25-18-6-3-15(4-7-18)21-12-20(26-27-21)14-1-2-14/h3-8,11-12,14,24H,1-2,9-10,13H2,(H,25,28)(H,26,27)(H,29,30).